The Morgan fingerprint density at radius 2 is 2.20 bits per heavy atom. The summed E-state index contributed by atoms with van der Waals surface area (Å²) < 4.78 is 7.30. The summed E-state index contributed by atoms with van der Waals surface area (Å²) in [5.41, 5.74) is 3.05. The number of hydrogen-bond acceptors (Lipinski definition) is 3. The first-order valence-corrected chi connectivity index (χ1v) is 6.49. The molecule has 104 valence electrons. The van der Waals surface area contributed by atoms with Gasteiger partial charge in [0.25, 0.3) is 0 Å². The van der Waals surface area contributed by atoms with Gasteiger partial charge in [-0.3, -0.25) is 4.68 Å². The van der Waals surface area contributed by atoms with Crippen LogP contribution in [-0.4, -0.2) is 28.6 Å². The van der Waals surface area contributed by atoms with Crippen LogP contribution >= 0.6 is 0 Å². The third kappa shape index (κ3) is 3.40. The van der Waals surface area contributed by atoms with Crippen molar-refractivity contribution < 1.29 is 9.84 Å². The van der Waals surface area contributed by atoms with Crippen molar-refractivity contribution in [2.45, 2.75) is 19.9 Å². The molecule has 0 radical (unpaired) electrons. The number of aryl methyl sites for hydroxylation is 1. The zero-order valence-corrected chi connectivity index (χ0v) is 11.8. The van der Waals surface area contributed by atoms with E-state index >= 15 is 0 Å². The third-order valence-electron chi connectivity index (χ3n) is 3.00. The minimum absolute atomic E-state index is 0.0858. The van der Waals surface area contributed by atoms with Crippen molar-refractivity contribution in [1.82, 2.24) is 9.78 Å². The molecule has 0 saturated heterocycles. The fourth-order valence-corrected chi connectivity index (χ4v) is 1.93. The minimum Gasteiger partial charge on any atom is -0.496 e. The highest BCUT2D eigenvalue weighted by Crippen LogP contribution is 2.21. The first kappa shape index (κ1) is 14.2. The van der Waals surface area contributed by atoms with Crippen molar-refractivity contribution in [3.05, 3.63) is 47.3 Å². The molecule has 1 aromatic heterocycles. The molecular weight excluding hydrogens is 252 g/mol. The summed E-state index contributed by atoms with van der Waals surface area (Å²) in [6.07, 6.45) is 2.27. The molecule has 0 atom stereocenters. The maximum Gasteiger partial charge on any atom is 0.124 e. The highest BCUT2D eigenvalue weighted by Gasteiger charge is 2.06. The van der Waals surface area contributed by atoms with E-state index in [0.717, 1.165) is 22.6 Å². The molecule has 20 heavy (non-hydrogen) atoms. The van der Waals surface area contributed by atoms with Gasteiger partial charge in [0.2, 0.25) is 0 Å². The SMILES string of the molecule is COc1ccc(C#CCCO)cc1Cn1nccc1C. The summed E-state index contributed by atoms with van der Waals surface area (Å²) >= 11 is 0. The molecule has 2 rings (SSSR count). The predicted molar refractivity (Wildman–Crippen MR) is 77.6 cm³/mol. The molecule has 4 nitrogen and oxygen atoms in total. The van der Waals surface area contributed by atoms with E-state index < -0.39 is 0 Å². The van der Waals surface area contributed by atoms with E-state index in [1.807, 2.05) is 35.9 Å². The zero-order valence-electron chi connectivity index (χ0n) is 11.8. The van der Waals surface area contributed by atoms with Crippen LogP contribution in [0.2, 0.25) is 0 Å². The zero-order chi connectivity index (χ0) is 14.4. The van der Waals surface area contributed by atoms with Crippen LogP contribution in [0.5, 0.6) is 5.75 Å². The number of rotatable bonds is 4. The van der Waals surface area contributed by atoms with Crippen molar-refractivity contribution in [3.8, 4) is 17.6 Å². The van der Waals surface area contributed by atoms with E-state index in [1.54, 1.807) is 13.3 Å². The molecule has 4 heteroatoms. The van der Waals surface area contributed by atoms with Crippen LogP contribution in [0.4, 0.5) is 0 Å². The number of benzene rings is 1. The fourth-order valence-electron chi connectivity index (χ4n) is 1.93. The molecule has 0 spiro atoms. The summed E-state index contributed by atoms with van der Waals surface area (Å²) in [5, 5.41) is 13.0. The van der Waals surface area contributed by atoms with Crippen LogP contribution in [0.3, 0.4) is 0 Å². The van der Waals surface area contributed by atoms with Crippen molar-refractivity contribution in [2.24, 2.45) is 0 Å². The quantitative estimate of drug-likeness (QED) is 0.864. The summed E-state index contributed by atoms with van der Waals surface area (Å²) in [5.74, 6) is 6.79. The topological polar surface area (TPSA) is 47.3 Å². The molecule has 1 heterocycles. The van der Waals surface area contributed by atoms with E-state index in [2.05, 4.69) is 16.9 Å². The van der Waals surface area contributed by atoms with Crippen LogP contribution in [0.15, 0.2) is 30.5 Å². The highest BCUT2D eigenvalue weighted by molar-refractivity contribution is 5.44. The van der Waals surface area contributed by atoms with E-state index in [1.165, 1.54) is 0 Å². The Morgan fingerprint density at radius 1 is 1.35 bits per heavy atom. The molecule has 0 aliphatic rings. The summed E-state index contributed by atoms with van der Waals surface area (Å²) in [4.78, 5) is 0. The van der Waals surface area contributed by atoms with Gasteiger partial charge in [0.1, 0.15) is 5.75 Å². The Balaban J connectivity index is 2.28. The molecule has 0 aliphatic heterocycles. The molecule has 0 aliphatic carbocycles. The second-order valence-electron chi connectivity index (χ2n) is 4.43. The van der Waals surface area contributed by atoms with E-state index in [-0.39, 0.29) is 6.61 Å². The monoisotopic (exact) mass is 270 g/mol. The lowest BCUT2D eigenvalue weighted by atomic mass is 10.1. The average molecular weight is 270 g/mol. The predicted octanol–water partition coefficient (Wildman–Crippen LogP) is 1.98. The van der Waals surface area contributed by atoms with Gasteiger partial charge in [-0.05, 0) is 31.2 Å². The standard InChI is InChI=1S/C16H18N2O2/c1-13-8-9-17-18(13)12-15-11-14(5-3-4-10-19)6-7-16(15)20-2/h6-9,11,19H,4,10,12H2,1-2H3. The number of aliphatic hydroxyl groups excluding tert-OH is 1. The number of nitrogens with zero attached hydrogens (tertiary/aromatic N) is 2. The number of methoxy groups -OCH3 is 1. The first-order valence-electron chi connectivity index (χ1n) is 6.49. The molecule has 1 N–H and O–H groups in total. The van der Waals surface area contributed by atoms with Crippen molar-refractivity contribution in [1.29, 1.82) is 0 Å². The number of ether oxygens (including phenoxy) is 1. The second kappa shape index (κ2) is 6.78. The van der Waals surface area contributed by atoms with Gasteiger partial charge in [-0.1, -0.05) is 11.8 Å². The highest BCUT2D eigenvalue weighted by atomic mass is 16.5. The molecule has 1 aromatic carbocycles. The van der Waals surface area contributed by atoms with E-state index in [9.17, 15) is 0 Å². The minimum atomic E-state index is 0.0858. The molecule has 0 unspecified atom stereocenters. The Kier molecular flexibility index (Phi) is 4.80. The summed E-state index contributed by atoms with van der Waals surface area (Å²) in [6.45, 7) is 2.75. The van der Waals surface area contributed by atoms with Crippen LogP contribution < -0.4 is 4.74 Å². The Labute approximate surface area is 119 Å². The van der Waals surface area contributed by atoms with Crippen LogP contribution in [-0.2, 0) is 6.54 Å². The normalized spacial score (nSPS) is 9.95. The fraction of sp³-hybridized carbons (Fsp3) is 0.312. The van der Waals surface area contributed by atoms with Crippen molar-refractivity contribution in [2.75, 3.05) is 13.7 Å². The number of aromatic nitrogens is 2. The Hall–Kier alpha value is -2.25. The number of hydrogen-bond donors (Lipinski definition) is 1. The Morgan fingerprint density at radius 3 is 2.85 bits per heavy atom. The number of aliphatic hydroxyl groups is 1. The molecule has 0 fully saturated rings. The largest absolute Gasteiger partial charge is 0.496 e. The second-order valence-corrected chi connectivity index (χ2v) is 4.43. The van der Waals surface area contributed by atoms with E-state index in [0.29, 0.717) is 13.0 Å². The van der Waals surface area contributed by atoms with Crippen molar-refractivity contribution in [3.63, 3.8) is 0 Å². The van der Waals surface area contributed by atoms with Gasteiger partial charge in [-0.25, -0.2) is 0 Å². The average Bonchev–Trinajstić information content (AvgIpc) is 2.85. The third-order valence-corrected chi connectivity index (χ3v) is 3.00. The molecule has 0 bridgehead atoms. The first-order chi connectivity index (χ1) is 9.74. The Bertz CT molecular complexity index is 635. The van der Waals surface area contributed by atoms with Gasteiger partial charge in [0, 0.05) is 29.4 Å². The van der Waals surface area contributed by atoms with E-state index in [4.69, 9.17) is 9.84 Å². The molecular formula is C16H18N2O2. The molecule has 0 saturated carbocycles. The van der Waals surface area contributed by atoms with Gasteiger partial charge >= 0.3 is 0 Å². The lowest BCUT2D eigenvalue weighted by Gasteiger charge is -2.10. The molecule has 2 aromatic rings. The van der Waals surface area contributed by atoms with Gasteiger partial charge in [0.15, 0.2) is 0 Å². The molecule has 0 amide bonds. The van der Waals surface area contributed by atoms with Crippen LogP contribution in [0, 0.1) is 18.8 Å². The van der Waals surface area contributed by atoms with Gasteiger partial charge in [-0.15, -0.1) is 0 Å². The van der Waals surface area contributed by atoms with Crippen LogP contribution in [0.1, 0.15) is 23.2 Å². The van der Waals surface area contributed by atoms with Crippen LogP contribution in [0.25, 0.3) is 0 Å². The summed E-state index contributed by atoms with van der Waals surface area (Å²) in [7, 11) is 1.66. The maximum atomic E-state index is 8.75. The van der Waals surface area contributed by atoms with Crippen molar-refractivity contribution >= 4 is 0 Å². The van der Waals surface area contributed by atoms with Gasteiger partial charge < -0.3 is 9.84 Å². The lowest BCUT2D eigenvalue weighted by Crippen LogP contribution is -2.05. The van der Waals surface area contributed by atoms with Gasteiger partial charge in [0.05, 0.1) is 20.3 Å². The lowest BCUT2D eigenvalue weighted by molar-refractivity contribution is 0.305. The van der Waals surface area contributed by atoms with Gasteiger partial charge in [-0.2, -0.15) is 5.10 Å². The summed E-state index contributed by atoms with van der Waals surface area (Å²) in [6, 6.07) is 7.81. The smallest absolute Gasteiger partial charge is 0.124 e. The maximum absolute atomic E-state index is 8.75.